The monoisotopic (exact) mass is 288 g/mol. The summed E-state index contributed by atoms with van der Waals surface area (Å²) in [5, 5.41) is 3.73. The molecule has 0 spiro atoms. The zero-order valence-electron chi connectivity index (χ0n) is 14.0. The molecule has 2 rings (SSSR count). The molecule has 2 unspecified atom stereocenters. The zero-order chi connectivity index (χ0) is 15.1. The Morgan fingerprint density at radius 3 is 2.62 bits per heavy atom. The van der Waals surface area contributed by atoms with E-state index in [0.29, 0.717) is 12.1 Å². The van der Waals surface area contributed by atoms with Gasteiger partial charge in [-0.2, -0.15) is 0 Å². The lowest BCUT2D eigenvalue weighted by Gasteiger charge is -2.40. The number of benzene rings is 1. The highest BCUT2D eigenvalue weighted by Gasteiger charge is 2.26. The van der Waals surface area contributed by atoms with Gasteiger partial charge in [0.25, 0.3) is 0 Å². The Bertz CT molecular complexity index is 388. The first-order valence-electron chi connectivity index (χ1n) is 8.73. The van der Waals surface area contributed by atoms with Crippen molar-refractivity contribution in [2.24, 2.45) is 5.92 Å². The van der Waals surface area contributed by atoms with Crippen LogP contribution in [0.5, 0.6) is 0 Å². The Morgan fingerprint density at radius 1 is 1.19 bits per heavy atom. The second-order valence-electron chi connectivity index (χ2n) is 6.82. The Hall–Kier alpha value is -0.860. The molecule has 1 aromatic carbocycles. The molecule has 0 amide bonds. The fourth-order valence-corrected chi connectivity index (χ4v) is 3.31. The molecule has 2 atom stereocenters. The molecule has 0 aliphatic carbocycles. The van der Waals surface area contributed by atoms with Crippen molar-refractivity contribution in [3.05, 3.63) is 35.9 Å². The van der Waals surface area contributed by atoms with Gasteiger partial charge in [-0.05, 0) is 30.9 Å². The summed E-state index contributed by atoms with van der Waals surface area (Å²) in [6.07, 6.45) is 5.33. The Morgan fingerprint density at radius 2 is 1.95 bits per heavy atom. The van der Waals surface area contributed by atoms with Crippen molar-refractivity contribution in [2.75, 3.05) is 19.6 Å². The van der Waals surface area contributed by atoms with E-state index in [1.807, 2.05) is 0 Å². The van der Waals surface area contributed by atoms with Gasteiger partial charge < -0.3 is 5.32 Å². The number of piperazine rings is 1. The van der Waals surface area contributed by atoms with E-state index in [1.165, 1.54) is 37.8 Å². The van der Waals surface area contributed by atoms with E-state index in [4.69, 9.17) is 0 Å². The summed E-state index contributed by atoms with van der Waals surface area (Å²) < 4.78 is 0. The van der Waals surface area contributed by atoms with Crippen molar-refractivity contribution in [3.8, 4) is 0 Å². The first-order valence-corrected chi connectivity index (χ1v) is 8.73. The van der Waals surface area contributed by atoms with E-state index < -0.39 is 0 Å². The fourth-order valence-electron chi connectivity index (χ4n) is 3.31. The van der Waals surface area contributed by atoms with Crippen LogP contribution in [0, 0.1) is 5.92 Å². The lowest BCUT2D eigenvalue weighted by Crippen LogP contribution is -2.52. The van der Waals surface area contributed by atoms with Gasteiger partial charge in [-0.25, -0.2) is 0 Å². The molecule has 0 saturated carbocycles. The quantitative estimate of drug-likeness (QED) is 0.755. The van der Waals surface area contributed by atoms with Gasteiger partial charge in [-0.15, -0.1) is 0 Å². The van der Waals surface area contributed by atoms with Crippen molar-refractivity contribution in [1.82, 2.24) is 10.2 Å². The minimum atomic E-state index is 0.499. The zero-order valence-corrected chi connectivity index (χ0v) is 14.0. The standard InChI is InChI=1S/C19H32N2/c1-4-18-14-20-19(17-11-6-5-7-12-17)15-21(18)13-9-8-10-16(2)3/h5-7,11-12,16,18-20H,4,8-10,13-15H2,1-3H3. The third-order valence-electron chi connectivity index (χ3n) is 4.68. The highest BCUT2D eigenvalue weighted by molar-refractivity contribution is 5.20. The number of nitrogens with one attached hydrogen (secondary N) is 1. The molecule has 21 heavy (non-hydrogen) atoms. The fraction of sp³-hybridized carbons (Fsp3) is 0.684. The Balaban J connectivity index is 1.87. The van der Waals surface area contributed by atoms with Gasteiger partial charge in [0.05, 0.1) is 0 Å². The van der Waals surface area contributed by atoms with Gasteiger partial charge in [0.15, 0.2) is 0 Å². The van der Waals surface area contributed by atoms with Gasteiger partial charge >= 0.3 is 0 Å². The topological polar surface area (TPSA) is 15.3 Å². The first kappa shape index (κ1) is 16.5. The molecule has 2 nitrogen and oxygen atoms in total. The van der Waals surface area contributed by atoms with Crippen LogP contribution in [0.1, 0.15) is 58.1 Å². The van der Waals surface area contributed by atoms with Crippen molar-refractivity contribution < 1.29 is 0 Å². The number of hydrogen-bond donors (Lipinski definition) is 1. The third kappa shape index (κ3) is 5.12. The van der Waals surface area contributed by atoms with E-state index >= 15 is 0 Å². The maximum absolute atomic E-state index is 3.73. The van der Waals surface area contributed by atoms with E-state index in [9.17, 15) is 0 Å². The van der Waals surface area contributed by atoms with Gasteiger partial charge in [0.2, 0.25) is 0 Å². The van der Waals surface area contributed by atoms with Gasteiger partial charge in [-0.3, -0.25) is 4.90 Å². The lowest BCUT2D eigenvalue weighted by atomic mass is 9.99. The molecule has 1 saturated heterocycles. The minimum absolute atomic E-state index is 0.499. The smallest absolute Gasteiger partial charge is 0.0449 e. The third-order valence-corrected chi connectivity index (χ3v) is 4.68. The van der Waals surface area contributed by atoms with E-state index in [0.717, 1.165) is 19.0 Å². The molecule has 118 valence electrons. The van der Waals surface area contributed by atoms with Crippen LogP contribution in [-0.4, -0.2) is 30.6 Å². The van der Waals surface area contributed by atoms with Crippen LogP contribution in [0.3, 0.4) is 0 Å². The predicted octanol–water partition coefficient (Wildman–Crippen LogP) is 4.24. The maximum atomic E-state index is 3.73. The van der Waals surface area contributed by atoms with Crippen LogP contribution in [0.15, 0.2) is 30.3 Å². The molecule has 1 aliphatic rings. The second kappa shape index (κ2) is 8.55. The minimum Gasteiger partial charge on any atom is -0.307 e. The van der Waals surface area contributed by atoms with Crippen molar-refractivity contribution in [3.63, 3.8) is 0 Å². The molecule has 1 aliphatic heterocycles. The average molecular weight is 288 g/mol. The average Bonchev–Trinajstić information content (AvgIpc) is 2.52. The molecule has 1 heterocycles. The van der Waals surface area contributed by atoms with Gasteiger partial charge in [0, 0.05) is 25.2 Å². The second-order valence-corrected chi connectivity index (χ2v) is 6.82. The normalized spacial score (nSPS) is 23.6. The van der Waals surface area contributed by atoms with Crippen molar-refractivity contribution >= 4 is 0 Å². The van der Waals surface area contributed by atoms with Crippen LogP contribution in [-0.2, 0) is 0 Å². The summed E-state index contributed by atoms with van der Waals surface area (Å²) in [6, 6.07) is 12.1. The van der Waals surface area contributed by atoms with Gasteiger partial charge in [0.1, 0.15) is 0 Å². The van der Waals surface area contributed by atoms with E-state index in [2.05, 4.69) is 61.3 Å². The van der Waals surface area contributed by atoms with E-state index in [-0.39, 0.29) is 0 Å². The van der Waals surface area contributed by atoms with Crippen LogP contribution in [0.4, 0.5) is 0 Å². The highest BCUT2D eigenvalue weighted by Crippen LogP contribution is 2.21. The van der Waals surface area contributed by atoms with Crippen molar-refractivity contribution in [2.45, 2.75) is 58.5 Å². The predicted molar refractivity (Wildman–Crippen MR) is 91.5 cm³/mol. The number of unbranched alkanes of at least 4 members (excludes halogenated alkanes) is 1. The summed E-state index contributed by atoms with van der Waals surface area (Å²) in [5.41, 5.74) is 1.43. The summed E-state index contributed by atoms with van der Waals surface area (Å²) in [4.78, 5) is 2.72. The Kier molecular flexibility index (Phi) is 6.72. The molecule has 0 radical (unpaired) electrons. The summed E-state index contributed by atoms with van der Waals surface area (Å²) in [6.45, 7) is 10.5. The van der Waals surface area contributed by atoms with Crippen LogP contribution in [0.2, 0.25) is 0 Å². The molecule has 0 aromatic heterocycles. The molecule has 1 N–H and O–H groups in total. The van der Waals surface area contributed by atoms with Crippen molar-refractivity contribution in [1.29, 1.82) is 0 Å². The molecular formula is C19H32N2. The SMILES string of the molecule is CCC1CNC(c2ccccc2)CN1CCCCC(C)C. The van der Waals surface area contributed by atoms with Gasteiger partial charge in [-0.1, -0.05) is 63.9 Å². The lowest BCUT2D eigenvalue weighted by molar-refractivity contribution is 0.124. The number of rotatable bonds is 7. The summed E-state index contributed by atoms with van der Waals surface area (Å²) >= 11 is 0. The van der Waals surface area contributed by atoms with Crippen LogP contribution in [0.25, 0.3) is 0 Å². The largest absolute Gasteiger partial charge is 0.307 e. The molecular weight excluding hydrogens is 256 g/mol. The number of nitrogens with zero attached hydrogens (tertiary/aromatic N) is 1. The molecule has 1 fully saturated rings. The maximum Gasteiger partial charge on any atom is 0.0449 e. The summed E-state index contributed by atoms with van der Waals surface area (Å²) in [7, 11) is 0. The summed E-state index contributed by atoms with van der Waals surface area (Å²) in [5.74, 6) is 0.840. The highest BCUT2D eigenvalue weighted by atomic mass is 15.2. The first-order chi connectivity index (χ1) is 10.2. The number of hydrogen-bond acceptors (Lipinski definition) is 2. The molecule has 2 heteroatoms. The van der Waals surface area contributed by atoms with E-state index in [1.54, 1.807) is 0 Å². The Labute approximate surface area is 130 Å². The van der Waals surface area contributed by atoms with Crippen LogP contribution >= 0.6 is 0 Å². The van der Waals surface area contributed by atoms with Crippen LogP contribution < -0.4 is 5.32 Å². The molecule has 0 bridgehead atoms. The molecule has 1 aromatic rings.